The van der Waals surface area contributed by atoms with Crippen LogP contribution in [0, 0.1) is 29.1 Å². The van der Waals surface area contributed by atoms with E-state index < -0.39 is 0 Å². The monoisotopic (exact) mass is 376 g/mol. The zero-order chi connectivity index (χ0) is 19.1. The molecule has 4 saturated carbocycles. The first-order chi connectivity index (χ1) is 13.7. The molecule has 0 spiro atoms. The maximum Gasteiger partial charge on any atom is 0.272 e. The van der Waals surface area contributed by atoms with Crippen LogP contribution in [-0.4, -0.2) is 21.2 Å². The van der Waals surface area contributed by atoms with Gasteiger partial charge in [-0.1, -0.05) is 18.2 Å². The number of nitriles is 1. The quantitative estimate of drug-likeness (QED) is 0.758. The van der Waals surface area contributed by atoms with Crippen LogP contribution in [0.1, 0.15) is 68.3 Å². The largest absolute Gasteiger partial charge is 0.345 e. The van der Waals surface area contributed by atoms with Crippen LogP contribution in [0.2, 0.25) is 0 Å². The minimum absolute atomic E-state index is 0.00348. The first-order valence-electron chi connectivity index (χ1n) is 10.8. The minimum Gasteiger partial charge on any atom is -0.345 e. The average molecular weight is 377 g/mol. The highest BCUT2D eigenvalue weighted by Gasteiger charge is 2.51. The molecule has 146 valence electrons. The number of aryl methyl sites for hydroxylation is 1. The van der Waals surface area contributed by atoms with Crippen LogP contribution >= 0.6 is 0 Å². The summed E-state index contributed by atoms with van der Waals surface area (Å²) >= 11 is 0. The third kappa shape index (κ3) is 3.09. The van der Waals surface area contributed by atoms with E-state index in [-0.39, 0.29) is 11.4 Å². The average Bonchev–Trinajstić information content (AvgIpc) is 3.03. The van der Waals surface area contributed by atoms with E-state index >= 15 is 0 Å². The molecule has 28 heavy (non-hydrogen) atoms. The Bertz CT molecular complexity index is 902. The minimum atomic E-state index is -0.00563. The SMILES string of the molecule is N#CCCCCn1nc(C(=O)NC23CC4CC(CC(C4)C2)C3)c2ccccc21. The molecule has 5 nitrogen and oxygen atoms in total. The molecule has 0 unspecified atom stereocenters. The first-order valence-corrected chi connectivity index (χ1v) is 10.8. The molecular formula is C23H28N4O. The normalized spacial score (nSPS) is 30.5. The fourth-order valence-electron chi connectivity index (χ4n) is 6.49. The number of hydrogen-bond donors (Lipinski definition) is 1. The highest BCUT2D eigenvalue weighted by molar-refractivity contribution is 6.05. The topological polar surface area (TPSA) is 70.7 Å². The van der Waals surface area contributed by atoms with E-state index in [2.05, 4.69) is 11.4 Å². The molecule has 5 heteroatoms. The molecule has 2 aromatic rings. The summed E-state index contributed by atoms with van der Waals surface area (Å²) < 4.78 is 1.95. The van der Waals surface area contributed by atoms with Gasteiger partial charge < -0.3 is 5.32 Å². The van der Waals surface area contributed by atoms with Gasteiger partial charge in [0, 0.05) is 23.9 Å². The van der Waals surface area contributed by atoms with Crippen LogP contribution < -0.4 is 5.32 Å². The van der Waals surface area contributed by atoms with E-state index in [1.165, 1.54) is 19.3 Å². The molecule has 4 fully saturated rings. The lowest BCUT2D eigenvalue weighted by molar-refractivity contribution is -0.0167. The number of nitrogens with zero attached hydrogens (tertiary/aromatic N) is 3. The van der Waals surface area contributed by atoms with Crippen molar-refractivity contribution in [2.24, 2.45) is 17.8 Å². The van der Waals surface area contributed by atoms with Gasteiger partial charge in [-0.05, 0) is 75.2 Å². The molecule has 4 aliphatic rings. The van der Waals surface area contributed by atoms with Crippen LogP contribution in [-0.2, 0) is 6.54 Å². The van der Waals surface area contributed by atoms with Gasteiger partial charge in [0.05, 0.1) is 11.6 Å². The summed E-state index contributed by atoms with van der Waals surface area (Å²) in [5.74, 6) is 2.41. The number of aromatic nitrogens is 2. The van der Waals surface area contributed by atoms with Crippen LogP contribution in [0.4, 0.5) is 0 Å². The van der Waals surface area contributed by atoms with Gasteiger partial charge in [0.15, 0.2) is 5.69 Å². The number of amides is 1. The van der Waals surface area contributed by atoms with Crippen molar-refractivity contribution in [1.82, 2.24) is 15.1 Å². The number of para-hydroxylation sites is 1. The third-order valence-corrected chi connectivity index (χ3v) is 7.20. The van der Waals surface area contributed by atoms with E-state index in [1.807, 2.05) is 28.9 Å². The Morgan fingerprint density at radius 2 is 1.82 bits per heavy atom. The van der Waals surface area contributed by atoms with Crippen molar-refractivity contribution < 1.29 is 4.79 Å². The zero-order valence-electron chi connectivity index (χ0n) is 16.4. The van der Waals surface area contributed by atoms with Crippen molar-refractivity contribution in [3.8, 4) is 6.07 Å². The number of nitrogens with one attached hydrogen (secondary N) is 1. The highest BCUT2D eigenvalue weighted by Crippen LogP contribution is 2.55. The van der Waals surface area contributed by atoms with E-state index in [0.717, 1.165) is 67.3 Å². The number of carbonyl (C=O) groups excluding carboxylic acids is 1. The lowest BCUT2D eigenvalue weighted by atomic mass is 9.53. The van der Waals surface area contributed by atoms with Crippen molar-refractivity contribution in [3.63, 3.8) is 0 Å². The Kier molecular flexibility index (Phi) is 4.38. The van der Waals surface area contributed by atoms with Gasteiger partial charge in [-0.25, -0.2) is 0 Å². The van der Waals surface area contributed by atoms with Crippen LogP contribution in [0.3, 0.4) is 0 Å². The molecular weight excluding hydrogens is 348 g/mol. The maximum atomic E-state index is 13.3. The van der Waals surface area contributed by atoms with E-state index in [1.54, 1.807) is 0 Å². The predicted octanol–water partition coefficient (Wildman–Crippen LogP) is 4.43. The number of benzene rings is 1. The molecule has 6 rings (SSSR count). The Labute approximate surface area is 166 Å². The number of unbranched alkanes of at least 4 members (excludes halogenated alkanes) is 2. The molecule has 4 bridgehead atoms. The van der Waals surface area contributed by atoms with Crippen molar-refractivity contribution >= 4 is 16.8 Å². The molecule has 1 heterocycles. The van der Waals surface area contributed by atoms with E-state index in [0.29, 0.717) is 12.1 Å². The van der Waals surface area contributed by atoms with Gasteiger partial charge in [0.1, 0.15) is 0 Å². The molecule has 1 amide bonds. The Balaban J connectivity index is 1.38. The van der Waals surface area contributed by atoms with E-state index in [4.69, 9.17) is 10.4 Å². The van der Waals surface area contributed by atoms with Crippen molar-refractivity contribution in [1.29, 1.82) is 5.26 Å². The fraction of sp³-hybridized carbons (Fsp3) is 0.609. The number of carbonyl (C=O) groups is 1. The third-order valence-electron chi connectivity index (χ3n) is 7.20. The smallest absolute Gasteiger partial charge is 0.272 e. The van der Waals surface area contributed by atoms with Crippen LogP contribution in [0.5, 0.6) is 0 Å². The Morgan fingerprint density at radius 1 is 1.14 bits per heavy atom. The maximum absolute atomic E-state index is 13.3. The molecule has 0 aliphatic heterocycles. The molecule has 4 aliphatic carbocycles. The summed E-state index contributed by atoms with van der Waals surface area (Å²) in [6.07, 6.45) is 9.89. The molecule has 0 atom stereocenters. The van der Waals surface area contributed by atoms with Gasteiger partial charge in [0.25, 0.3) is 5.91 Å². The zero-order valence-corrected chi connectivity index (χ0v) is 16.4. The van der Waals surface area contributed by atoms with Gasteiger partial charge in [-0.3, -0.25) is 9.48 Å². The second kappa shape index (κ2) is 6.92. The molecule has 0 saturated heterocycles. The fourth-order valence-corrected chi connectivity index (χ4v) is 6.49. The van der Waals surface area contributed by atoms with E-state index in [9.17, 15) is 4.79 Å². The van der Waals surface area contributed by atoms with Crippen molar-refractivity contribution in [2.75, 3.05) is 0 Å². The van der Waals surface area contributed by atoms with Gasteiger partial charge in [-0.2, -0.15) is 10.4 Å². The van der Waals surface area contributed by atoms with Crippen molar-refractivity contribution in [3.05, 3.63) is 30.0 Å². The van der Waals surface area contributed by atoms with Gasteiger partial charge >= 0.3 is 0 Å². The second-order valence-corrected chi connectivity index (χ2v) is 9.36. The number of hydrogen-bond acceptors (Lipinski definition) is 3. The summed E-state index contributed by atoms with van der Waals surface area (Å²) in [7, 11) is 0. The molecule has 0 radical (unpaired) electrons. The number of rotatable bonds is 6. The Hall–Kier alpha value is -2.35. The highest BCUT2D eigenvalue weighted by atomic mass is 16.2. The van der Waals surface area contributed by atoms with Gasteiger partial charge in [-0.15, -0.1) is 0 Å². The van der Waals surface area contributed by atoms with Gasteiger partial charge in [0.2, 0.25) is 0 Å². The first kappa shape index (κ1) is 17.7. The number of fused-ring (bicyclic) bond motifs is 1. The molecule has 1 N–H and O–H groups in total. The molecule has 1 aromatic carbocycles. The van der Waals surface area contributed by atoms with Crippen molar-refractivity contribution in [2.45, 2.75) is 69.9 Å². The predicted molar refractivity (Wildman–Crippen MR) is 108 cm³/mol. The summed E-state index contributed by atoms with van der Waals surface area (Å²) in [5.41, 5.74) is 1.57. The molecule has 1 aromatic heterocycles. The summed E-state index contributed by atoms with van der Waals surface area (Å²) in [5, 5.41) is 17.8. The summed E-state index contributed by atoms with van der Waals surface area (Å²) in [6, 6.07) is 10.2. The lowest BCUT2D eigenvalue weighted by Crippen LogP contribution is -2.59. The van der Waals surface area contributed by atoms with Crippen LogP contribution in [0.15, 0.2) is 24.3 Å². The Morgan fingerprint density at radius 3 is 2.50 bits per heavy atom. The lowest BCUT2D eigenvalue weighted by Gasteiger charge is -2.56. The van der Waals surface area contributed by atoms with Crippen LogP contribution in [0.25, 0.3) is 10.9 Å². The summed E-state index contributed by atoms with van der Waals surface area (Å²) in [4.78, 5) is 13.3. The standard InChI is InChI=1S/C23H28N4O/c24-8-4-1-5-9-27-20-7-3-2-6-19(20)21(26-27)22(28)25-23-13-16-10-17(14-23)12-18(11-16)15-23/h2-3,6-7,16-18H,1,4-5,9-15H2,(H,25,28). The second-order valence-electron chi connectivity index (χ2n) is 9.36. The summed E-state index contributed by atoms with van der Waals surface area (Å²) in [6.45, 7) is 0.743.